The molecule has 35 heavy (non-hydrogen) atoms. The molecule has 5 aliphatic rings. The monoisotopic (exact) mass is 489 g/mol. The fourth-order valence-corrected chi connectivity index (χ4v) is 6.28. The van der Waals surface area contributed by atoms with Crippen molar-refractivity contribution in [1.29, 1.82) is 0 Å². The Hall–Kier alpha value is -2.81. The van der Waals surface area contributed by atoms with Crippen molar-refractivity contribution in [1.82, 2.24) is 14.8 Å². The first kappa shape index (κ1) is 19.4. The van der Waals surface area contributed by atoms with Crippen molar-refractivity contribution in [2.45, 2.75) is 50.2 Å². The van der Waals surface area contributed by atoms with Gasteiger partial charge in [0.15, 0.2) is 0 Å². The normalized spacial score (nSPS) is 33.0. The Kier molecular flexibility index (Phi) is 4.35. The Balaban J connectivity index is 1.26. The lowest BCUT2D eigenvalue weighted by Gasteiger charge is -2.62. The smallest absolute Gasteiger partial charge is 0.266 e. The zero-order valence-corrected chi connectivity index (χ0v) is 19.2. The van der Waals surface area contributed by atoms with Crippen LogP contribution in [0, 0.1) is 23.6 Å². The van der Waals surface area contributed by atoms with Crippen molar-refractivity contribution in [3.05, 3.63) is 63.3 Å². The number of hydrogen-bond acceptors (Lipinski definition) is 4. The van der Waals surface area contributed by atoms with E-state index in [1.165, 1.54) is 30.0 Å². The Morgan fingerprint density at radius 1 is 1.20 bits per heavy atom. The molecule has 6 nitrogen and oxygen atoms in total. The van der Waals surface area contributed by atoms with Crippen molar-refractivity contribution in [2.24, 2.45) is 17.8 Å². The molecule has 2 aromatic rings. The molecule has 0 spiro atoms. The minimum absolute atomic E-state index is 0.0557. The molecule has 4 aliphatic carbocycles. The minimum atomic E-state index is -2.98. The highest BCUT2D eigenvalue weighted by atomic mass is 19.3. The van der Waals surface area contributed by atoms with Crippen LogP contribution in [0.5, 0.6) is 0 Å². The summed E-state index contributed by atoms with van der Waals surface area (Å²) < 4.78 is 65.6. The topological polar surface area (TPSA) is 66.4 Å². The zero-order valence-electron chi connectivity index (χ0n) is 22.2. The van der Waals surface area contributed by atoms with Crippen molar-refractivity contribution >= 4 is 11.6 Å². The van der Waals surface area contributed by atoms with Crippen molar-refractivity contribution < 1.29 is 22.1 Å². The van der Waals surface area contributed by atoms with Gasteiger partial charge < -0.3 is 20.1 Å². The fraction of sp³-hybridized carbons (Fsp3) is 0.538. The summed E-state index contributed by atoms with van der Waals surface area (Å²) in [6, 6.07) is 4.14. The minimum Gasteiger partial charge on any atom is -0.381 e. The van der Waals surface area contributed by atoms with Crippen LogP contribution in [0.1, 0.15) is 64.3 Å². The fourth-order valence-electron chi connectivity index (χ4n) is 6.28. The Labute approximate surface area is 205 Å². The van der Waals surface area contributed by atoms with E-state index < -0.39 is 36.7 Å². The molecule has 1 aromatic heterocycles. The van der Waals surface area contributed by atoms with E-state index in [1.54, 1.807) is 10.8 Å². The molecule has 2 N–H and O–H groups in total. The molecule has 4 saturated carbocycles. The second kappa shape index (κ2) is 7.85. The van der Waals surface area contributed by atoms with Gasteiger partial charge >= 0.3 is 0 Å². The molecule has 186 valence electrons. The van der Waals surface area contributed by atoms with Gasteiger partial charge in [-0.25, -0.2) is 13.2 Å². The third kappa shape index (κ3) is 3.58. The number of rotatable bonds is 7. The predicted molar refractivity (Wildman–Crippen MR) is 125 cm³/mol. The summed E-state index contributed by atoms with van der Waals surface area (Å²) in [5, 5.41) is 6.01. The Bertz CT molecular complexity index is 1340. The number of fused-ring (bicyclic) bond motifs is 1. The van der Waals surface area contributed by atoms with Crippen LogP contribution in [0.2, 0.25) is 0 Å². The summed E-state index contributed by atoms with van der Waals surface area (Å²) in [5.41, 5.74) is -0.724. The van der Waals surface area contributed by atoms with Crippen molar-refractivity contribution in [2.75, 3.05) is 25.4 Å². The molecule has 0 radical (unpaired) electrons. The van der Waals surface area contributed by atoms with Gasteiger partial charge in [0.2, 0.25) is 0 Å². The zero-order chi connectivity index (χ0) is 27.1. The molecule has 1 amide bonds. The quantitative estimate of drug-likeness (QED) is 0.619. The lowest BCUT2D eigenvalue weighted by molar-refractivity contribution is -0.0914. The number of carbonyl (C=O) groups is 1. The number of anilines is 1. The number of nitrogens with zero attached hydrogens (tertiary/aromatic N) is 2. The number of halogens is 3. The van der Waals surface area contributed by atoms with E-state index in [0.717, 1.165) is 25.3 Å². The first-order valence-electron chi connectivity index (χ1n) is 13.5. The van der Waals surface area contributed by atoms with Gasteiger partial charge in [0.1, 0.15) is 5.82 Å². The standard InChI is InChI=1S/C26H29F3N4O2/c1-13(15-4-3-5-16(22(15)27)24(28)29)30-25(35)19-12-33(26-7-14(8-26)9-26)21(34)6-20(19)31-23-17-10-32(2)11-18(17)23/h3-6,12-14,17-18,23-24,31H,7-11H2,1-2H3,(H,30,35)/t13-,14?,17-,18+,23?,26?/m1/s1/i2D3. The molecule has 1 aliphatic heterocycles. The van der Waals surface area contributed by atoms with Crippen LogP contribution in [0.3, 0.4) is 0 Å². The van der Waals surface area contributed by atoms with Crippen LogP contribution in [0.15, 0.2) is 35.3 Å². The highest BCUT2D eigenvalue weighted by Gasteiger charge is 2.58. The van der Waals surface area contributed by atoms with Crippen LogP contribution < -0.4 is 16.2 Å². The van der Waals surface area contributed by atoms with Gasteiger partial charge in [-0.3, -0.25) is 9.59 Å². The van der Waals surface area contributed by atoms with E-state index in [1.807, 2.05) is 0 Å². The van der Waals surface area contributed by atoms with E-state index in [4.69, 9.17) is 4.11 Å². The number of aromatic nitrogens is 1. The largest absolute Gasteiger partial charge is 0.381 e. The second-order valence-electron chi connectivity index (χ2n) is 10.7. The van der Waals surface area contributed by atoms with Gasteiger partial charge in [-0.1, -0.05) is 18.2 Å². The van der Waals surface area contributed by atoms with Crippen molar-refractivity contribution in [3.63, 3.8) is 0 Å². The van der Waals surface area contributed by atoms with E-state index in [2.05, 4.69) is 10.6 Å². The van der Waals surface area contributed by atoms with E-state index in [9.17, 15) is 22.8 Å². The number of pyridine rings is 1. The average Bonchev–Trinajstić information content (AvgIpc) is 3.19. The SMILES string of the molecule is [2H]C([2H])([2H])N1C[C@@H]2C(Nc3cc(=O)n(C45CC(C4)C5)cc3C(=O)N[C@H](C)c3cccc(C(F)F)c3F)[C@@H]2C1. The maximum Gasteiger partial charge on any atom is 0.266 e. The van der Waals surface area contributed by atoms with Gasteiger partial charge in [0.25, 0.3) is 17.9 Å². The second-order valence-corrected chi connectivity index (χ2v) is 10.7. The number of piperidine rings is 1. The summed E-state index contributed by atoms with van der Waals surface area (Å²) in [7, 11) is 0. The predicted octanol–water partition coefficient (Wildman–Crippen LogP) is 3.90. The third-order valence-electron chi connectivity index (χ3n) is 8.44. The molecule has 2 bridgehead atoms. The number of alkyl halides is 2. The summed E-state index contributed by atoms with van der Waals surface area (Å²) in [6.45, 7) is 0.168. The van der Waals surface area contributed by atoms with Gasteiger partial charge in [0, 0.05) is 46.6 Å². The molecule has 1 aromatic carbocycles. The Morgan fingerprint density at radius 2 is 1.89 bits per heavy atom. The molecule has 1 unspecified atom stereocenters. The van der Waals surface area contributed by atoms with Crippen molar-refractivity contribution in [3.8, 4) is 0 Å². The summed E-state index contributed by atoms with van der Waals surface area (Å²) in [5.74, 6) is -0.823. The highest BCUT2D eigenvalue weighted by Crippen LogP contribution is 2.61. The molecular weight excluding hydrogens is 457 g/mol. The highest BCUT2D eigenvalue weighted by molar-refractivity contribution is 5.99. The Morgan fingerprint density at radius 3 is 2.49 bits per heavy atom. The average molecular weight is 490 g/mol. The van der Waals surface area contributed by atoms with E-state index in [0.29, 0.717) is 24.7 Å². The maximum absolute atomic E-state index is 14.7. The van der Waals surface area contributed by atoms with Crippen LogP contribution in [-0.4, -0.2) is 41.5 Å². The van der Waals surface area contributed by atoms with E-state index in [-0.39, 0.29) is 40.1 Å². The summed E-state index contributed by atoms with van der Waals surface area (Å²) in [4.78, 5) is 28.0. The van der Waals surface area contributed by atoms with E-state index >= 15 is 0 Å². The maximum atomic E-state index is 14.7. The lowest BCUT2D eigenvalue weighted by atomic mass is 9.49. The number of carbonyl (C=O) groups excluding carboxylic acids is 1. The molecule has 7 rings (SSSR count). The number of likely N-dealkylation sites (tertiary alicyclic amines) is 1. The summed E-state index contributed by atoms with van der Waals surface area (Å²) in [6.07, 6.45) is 1.24. The molecule has 5 fully saturated rings. The molecule has 4 atom stereocenters. The number of hydrogen-bond donors (Lipinski definition) is 2. The first-order chi connectivity index (χ1) is 17.9. The van der Waals surface area contributed by atoms with Gasteiger partial charge in [-0.15, -0.1) is 0 Å². The van der Waals surface area contributed by atoms with Gasteiger partial charge in [0.05, 0.1) is 22.9 Å². The molecule has 9 heteroatoms. The molecular formula is C26H29F3N4O2. The van der Waals surface area contributed by atoms with Crippen LogP contribution in [0.25, 0.3) is 0 Å². The lowest BCUT2D eigenvalue weighted by Crippen LogP contribution is -2.62. The molecule has 1 saturated heterocycles. The van der Waals surface area contributed by atoms with Gasteiger partial charge in [-0.2, -0.15) is 0 Å². The van der Waals surface area contributed by atoms with Gasteiger partial charge in [-0.05, 0) is 50.9 Å². The number of nitrogens with one attached hydrogen (secondary N) is 2. The van der Waals surface area contributed by atoms with Crippen LogP contribution in [-0.2, 0) is 5.54 Å². The number of amides is 1. The summed E-state index contributed by atoms with van der Waals surface area (Å²) >= 11 is 0. The molecule has 2 heterocycles. The number of benzene rings is 1. The first-order valence-corrected chi connectivity index (χ1v) is 12.0. The third-order valence-corrected chi connectivity index (χ3v) is 8.44. The van der Waals surface area contributed by atoms with Crippen LogP contribution >= 0.6 is 0 Å². The van der Waals surface area contributed by atoms with Crippen LogP contribution in [0.4, 0.5) is 18.9 Å².